The van der Waals surface area contributed by atoms with E-state index in [1.807, 2.05) is 61.5 Å². The van der Waals surface area contributed by atoms with Crippen LogP contribution >= 0.6 is 0 Å². The second-order valence-electron chi connectivity index (χ2n) is 6.48. The molecule has 3 heteroatoms. The second kappa shape index (κ2) is 5.92. The molecule has 0 bridgehead atoms. The summed E-state index contributed by atoms with van der Waals surface area (Å²) in [5.41, 5.74) is 1.49. The van der Waals surface area contributed by atoms with Crippen LogP contribution in [0.3, 0.4) is 0 Å². The van der Waals surface area contributed by atoms with Crippen molar-refractivity contribution in [2.45, 2.75) is 25.4 Å². The summed E-state index contributed by atoms with van der Waals surface area (Å²) >= 11 is 0. The molecule has 0 spiro atoms. The van der Waals surface area contributed by atoms with Gasteiger partial charge in [-0.1, -0.05) is 60.7 Å². The lowest BCUT2D eigenvalue weighted by atomic mass is 9.72. The van der Waals surface area contributed by atoms with Crippen LogP contribution in [0.5, 0.6) is 5.75 Å². The van der Waals surface area contributed by atoms with E-state index in [-0.39, 0.29) is 5.97 Å². The standard InChI is InChI=1S/C22H20O3/c1-3-24-21(23)20-22(2,16-10-5-4-6-11-16)19-17-12-8-7-9-15(17)13-14-18(19)25-20/h4-14,20H,3H2,1-2H3. The smallest absolute Gasteiger partial charge is 0.348 e. The second-order valence-corrected chi connectivity index (χ2v) is 6.48. The molecule has 3 aromatic carbocycles. The Labute approximate surface area is 147 Å². The maximum Gasteiger partial charge on any atom is 0.348 e. The van der Waals surface area contributed by atoms with Crippen molar-refractivity contribution in [2.75, 3.05) is 6.61 Å². The number of fused-ring (bicyclic) bond motifs is 3. The molecule has 3 aromatic rings. The zero-order valence-electron chi connectivity index (χ0n) is 14.4. The zero-order valence-corrected chi connectivity index (χ0v) is 14.4. The van der Waals surface area contributed by atoms with E-state index in [0.717, 1.165) is 27.6 Å². The topological polar surface area (TPSA) is 35.5 Å². The highest BCUT2D eigenvalue weighted by atomic mass is 16.6. The third-order valence-electron chi connectivity index (χ3n) is 5.05. The van der Waals surface area contributed by atoms with Gasteiger partial charge in [0.15, 0.2) is 0 Å². The van der Waals surface area contributed by atoms with Crippen LogP contribution in [-0.4, -0.2) is 18.7 Å². The van der Waals surface area contributed by atoms with Gasteiger partial charge in [-0.15, -0.1) is 0 Å². The predicted octanol–water partition coefficient (Wildman–Crippen LogP) is 4.47. The fourth-order valence-electron chi connectivity index (χ4n) is 3.84. The Morgan fingerprint density at radius 2 is 1.76 bits per heavy atom. The number of carbonyl (C=O) groups is 1. The van der Waals surface area contributed by atoms with Gasteiger partial charge in [-0.05, 0) is 36.2 Å². The molecule has 1 aliphatic rings. The monoisotopic (exact) mass is 332 g/mol. The minimum Gasteiger partial charge on any atom is -0.477 e. The first kappa shape index (κ1) is 15.7. The lowest BCUT2D eigenvalue weighted by Gasteiger charge is -2.30. The Morgan fingerprint density at radius 3 is 2.52 bits per heavy atom. The van der Waals surface area contributed by atoms with Gasteiger partial charge in [0, 0.05) is 5.56 Å². The minimum atomic E-state index is -0.698. The third-order valence-corrected chi connectivity index (χ3v) is 5.05. The van der Waals surface area contributed by atoms with E-state index in [0.29, 0.717) is 6.61 Å². The molecule has 0 aromatic heterocycles. The largest absolute Gasteiger partial charge is 0.477 e. The van der Waals surface area contributed by atoms with Crippen molar-refractivity contribution >= 4 is 16.7 Å². The molecule has 126 valence electrons. The van der Waals surface area contributed by atoms with Gasteiger partial charge < -0.3 is 9.47 Å². The minimum absolute atomic E-state index is 0.325. The Morgan fingerprint density at radius 1 is 1.04 bits per heavy atom. The molecule has 25 heavy (non-hydrogen) atoms. The summed E-state index contributed by atoms with van der Waals surface area (Å²) in [7, 11) is 0. The Bertz CT molecular complexity index is 932. The summed E-state index contributed by atoms with van der Waals surface area (Å²) in [6, 6.07) is 22.3. The molecule has 0 saturated heterocycles. The molecular formula is C22H20O3. The maximum absolute atomic E-state index is 12.7. The molecule has 0 fully saturated rings. The maximum atomic E-state index is 12.7. The van der Waals surface area contributed by atoms with Gasteiger partial charge in [0.25, 0.3) is 0 Å². The number of rotatable bonds is 3. The number of benzene rings is 3. The van der Waals surface area contributed by atoms with Gasteiger partial charge in [-0.2, -0.15) is 0 Å². The lowest BCUT2D eigenvalue weighted by Crippen LogP contribution is -2.43. The van der Waals surface area contributed by atoms with Gasteiger partial charge in [-0.3, -0.25) is 0 Å². The first-order valence-electron chi connectivity index (χ1n) is 8.57. The van der Waals surface area contributed by atoms with Crippen molar-refractivity contribution in [2.24, 2.45) is 0 Å². The third kappa shape index (κ3) is 2.30. The molecule has 0 N–H and O–H groups in total. The van der Waals surface area contributed by atoms with Gasteiger partial charge in [-0.25, -0.2) is 4.79 Å². The molecule has 1 aliphatic heterocycles. The summed E-state index contributed by atoms with van der Waals surface area (Å²) < 4.78 is 11.4. The van der Waals surface area contributed by atoms with E-state index in [2.05, 4.69) is 19.1 Å². The van der Waals surface area contributed by atoms with Gasteiger partial charge >= 0.3 is 5.97 Å². The fraction of sp³-hybridized carbons (Fsp3) is 0.227. The number of hydrogen-bond acceptors (Lipinski definition) is 3. The summed E-state index contributed by atoms with van der Waals surface area (Å²) in [4.78, 5) is 12.7. The van der Waals surface area contributed by atoms with Crippen molar-refractivity contribution in [3.63, 3.8) is 0 Å². The molecule has 0 aliphatic carbocycles. The van der Waals surface area contributed by atoms with Crippen LogP contribution in [0, 0.1) is 0 Å². The summed E-state index contributed by atoms with van der Waals surface area (Å²) in [6.45, 7) is 4.22. The molecule has 0 radical (unpaired) electrons. The van der Waals surface area contributed by atoms with Crippen molar-refractivity contribution in [1.29, 1.82) is 0 Å². The average molecular weight is 332 g/mol. The van der Waals surface area contributed by atoms with E-state index < -0.39 is 11.5 Å². The van der Waals surface area contributed by atoms with Crippen LogP contribution in [0.15, 0.2) is 66.7 Å². The predicted molar refractivity (Wildman–Crippen MR) is 97.9 cm³/mol. The normalized spacial score (nSPS) is 21.6. The summed E-state index contributed by atoms with van der Waals surface area (Å²) in [5.74, 6) is 0.428. The van der Waals surface area contributed by atoms with Crippen LogP contribution in [0.1, 0.15) is 25.0 Å². The highest BCUT2D eigenvalue weighted by Gasteiger charge is 2.52. The van der Waals surface area contributed by atoms with E-state index in [4.69, 9.17) is 9.47 Å². The van der Waals surface area contributed by atoms with Crippen LogP contribution in [-0.2, 0) is 14.9 Å². The van der Waals surface area contributed by atoms with E-state index in [1.54, 1.807) is 0 Å². The molecule has 2 unspecified atom stereocenters. The Hall–Kier alpha value is -2.81. The van der Waals surface area contributed by atoms with E-state index >= 15 is 0 Å². The molecule has 1 heterocycles. The zero-order chi connectivity index (χ0) is 17.4. The van der Waals surface area contributed by atoms with Gasteiger partial charge in [0.05, 0.1) is 12.0 Å². The quantitative estimate of drug-likeness (QED) is 0.664. The van der Waals surface area contributed by atoms with Crippen molar-refractivity contribution in [1.82, 2.24) is 0 Å². The van der Waals surface area contributed by atoms with Crippen molar-refractivity contribution in [3.8, 4) is 5.75 Å². The SMILES string of the molecule is CCOC(=O)C1Oc2ccc3ccccc3c2C1(C)c1ccccc1. The summed E-state index contributed by atoms with van der Waals surface area (Å²) in [6.07, 6.45) is -0.698. The van der Waals surface area contributed by atoms with Crippen LogP contribution in [0.25, 0.3) is 10.8 Å². The molecule has 3 nitrogen and oxygen atoms in total. The van der Waals surface area contributed by atoms with Crippen LogP contribution in [0.2, 0.25) is 0 Å². The van der Waals surface area contributed by atoms with E-state index in [9.17, 15) is 4.79 Å². The molecule has 0 saturated carbocycles. The molecular weight excluding hydrogens is 312 g/mol. The molecule has 2 atom stereocenters. The van der Waals surface area contributed by atoms with Gasteiger partial charge in [0.1, 0.15) is 5.75 Å². The molecule has 4 rings (SSSR count). The first-order valence-corrected chi connectivity index (χ1v) is 8.57. The van der Waals surface area contributed by atoms with Gasteiger partial charge in [0.2, 0.25) is 6.10 Å². The first-order chi connectivity index (χ1) is 12.2. The van der Waals surface area contributed by atoms with Crippen molar-refractivity contribution in [3.05, 3.63) is 77.9 Å². The average Bonchev–Trinajstić information content (AvgIpc) is 2.97. The number of ether oxygens (including phenoxy) is 2. The van der Waals surface area contributed by atoms with E-state index in [1.165, 1.54) is 0 Å². The Kier molecular flexibility index (Phi) is 3.72. The van der Waals surface area contributed by atoms with Crippen molar-refractivity contribution < 1.29 is 14.3 Å². The fourth-order valence-corrected chi connectivity index (χ4v) is 3.84. The Balaban J connectivity index is 2.00. The lowest BCUT2D eigenvalue weighted by molar-refractivity contribution is -0.152. The highest BCUT2D eigenvalue weighted by molar-refractivity contribution is 5.93. The molecule has 0 amide bonds. The number of esters is 1. The highest BCUT2D eigenvalue weighted by Crippen LogP contribution is 2.50. The summed E-state index contributed by atoms with van der Waals surface area (Å²) in [5, 5.41) is 2.25. The number of hydrogen-bond donors (Lipinski definition) is 0. The number of carbonyl (C=O) groups excluding carboxylic acids is 1. The van der Waals surface area contributed by atoms with Crippen LogP contribution < -0.4 is 4.74 Å². The van der Waals surface area contributed by atoms with Crippen LogP contribution in [0.4, 0.5) is 0 Å².